The van der Waals surface area contributed by atoms with Crippen LogP contribution in [0.25, 0.3) is 10.8 Å². The molecule has 0 N–H and O–H groups in total. The number of methoxy groups -OCH3 is 1. The highest BCUT2D eigenvalue weighted by Crippen LogP contribution is 2.60. The predicted octanol–water partition coefficient (Wildman–Crippen LogP) is 6.05. The third kappa shape index (κ3) is 4.90. The van der Waals surface area contributed by atoms with E-state index in [0.29, 0.717) is 52.8 Å². The first-order valence-electron chi connectivity index (χ1n) is 14.6. The molecule has 212 valence electrons. The van der Waals surface area contributed by atoms with Crippen LogP contribution in [0, 0.1) is 0 Å². The van der Waals surface area contributed by atoms with Crippen LogP contribution >= 0.6 is 0 Å². The minimum Gasteiger partial charge on any atom is -0.459 e. The summed E-state index contributed by atoms with van der Waals surface area (Å²) in [6, 6.07) is 21.5. The molecular weight excluding hydrogens is 504 g/mol. The molecule has 0 bridgehead atoms. The maximum Gasteiger partial charge on any atom is 0.229 e. The van der Waals surface area contributed by atoms with Crippen LogP contribution in [-0.2, 0) is 24.4 Å². The quantitative estimate of drug-likeness (QED) is 0.259. The van der Waals surface area contributed by atoms with E-state index < -0.39 is 5.72 Å². The lowest BCUT2D eigenvalue weighted by Crippen LogP contribution is -2.65. The lowest BCUT2D eigenvalue weighted by Gasteiger charge is -2.50. The molecule has 7 nitrogen and oxygen atoms in total. The molecule has 2 spiro atoms. The molecule has 3 aliphatic rings. The van der Waals surface area contributed by atoms with Gasteiger partial charge in [-0.2, -0.15) is 0 Å². The molecule has 1 unspecified atom stereocenters. The second-order valence-corrected chi connectivity index (χ2v) is 10.8. The third-order valence-electron chi connectivity index (χ3n) is 8.64. The van der Waals surface area contributed by atoms with Crippen molar-refractivity contribution in [3.63, 3.8) is 0 Å². The summed E-state index contributed by atoms with van der Waals surface area (Å²) < 4.78 is 29.4. The summed E-state index contributed by atoms with van der Waals surface area (Å²) in [6.45, 7) is 4.65. The average Bonchev–Trinajstić information content (AvgIpc) is 3.20. The molecule has 3 aromatic carbocycles. The van der Waals surface area contributed by atoms with Crippen molar-refractivity contribution >= 4 is 28.4 Å². The van der Waals surface area contributed by atoms with Gasteiger partial charge in [0.15, 0.2) is 0 Å². The van der Waals surface area contributed by atoms with Gasteiger partial charge in [0.05, 0.1) is 57.9 Å². The molecular formula is C33H40N2O5. The van der Waals surface area contributed by atoms with Gasteiger partial charge in [-0.1, -0.05) is 67.8 Å². The minimum atomic E-state index is -0.689. The molecule has 0 saturated heterocycles. The SMILES string of the molecule is COCCOCCOCCOCCN1c2ccccc2C2(CCCCC2)C12C=Nc1c(ccc3ccccc13)O2. The number of ether oxygens (including phenoxy) is 5. The number of anilines is 1. The van der Waals surface area contributed by atoms with Gasteiger partial charge in [0.1, 0.15) is 11.4 Å². The molecule has 3 aromatic rings. The molecule has 6 rings (SSSR count). The molecule has 0 amide bonds. The predicted molar refractivity (Wildman–Crippen MR) is 158 cm³/mol. The summed E-state index contributed by atoms with van der Waals surface area (Å²) in [6.07, 6.45) is 7.91. The van der Waals surface area contributed by atoms with Gasteiger partial charge in [-0.05, 0) is 35.9 Å². The second kappa shape index (κ2) is 12.3. The van der Waals surface area contributed by atoms with Crippen LogP contribution in [0.4, 0.5) is 11.4 Å². The van der Waals surface area contributed by atoms with E-state index in [4.69, 9.17) is 28.7 Å². The van der Waals surface area contributed by atoms with Crippen molar-refractivity contribution in [1.82, 2.24) is 0 Å². The Hall–Kier alpha value is -2.97. The van der Waals surface area contributed by atoms with Crippen molar-refractivity contribution in [2.45, 2.75) is 43.2 Å². The first-order valence-corrected chi connectivity index (χ1v) is 14.6. The van der Waals surface area contributed by atoms with Crippen molar-refractivity contribution in [1.29, 1.82) is 0 Å². The fourth-order valence-electron chi connectivity index (χ4n) is 6.80. The van der Waals surface area contributed by atoms with Gasteiger partial charge in [0.2, 0.25) is 5.72 Å². The monoisotopic (exact) mass is 544 g/mol. The third-order valence-corrected chi connectivity index (χ3v) is 8.64. The Kier molecular flexibility index (Phi) is 8.35. The highest BCUT2D eigenvalue weighted by Gasteiger charge is 2.64. The molecule has 0 aromatic heterocycles. The van der Waals surface area contributed by atoms with Crippen LogP contribution in [0.3, 0.4) is 0 Å². The lowest BCUT2D eigenvalue weighted by molar-refractivity contribution is 0.00112. The zero-order valence-electron chi connectivity index (χ0n) is 23.5. The Morgan fingerprint density at radius 2 is 1.48 bits per heavy atom. The number of hydrogen-bond acceptors (Lipinski definition) is 7. The Morgan fingerprint density at radius 1 is 0.775 bits per heavy atom. The summed E-state index contributed by atoms with van der Waals surface area (Å²) in [5.41, 5.74) is 2.69. The van der Waals surface area contributed by atoms with Crippen LogP contribution in [0.1, 0.15) is 37.7 Å². The summed E-state index contributed by atoms with van der Waals surface area (Å²) >= 11 is 0. The van der Waals surface area contributed by atoms with Gasteiger partial charge in [-0.15, -0.1) is 0 Å². The number of nitrogens with zero attached hydrogens (tertiary/aromatic N) is 2. The molecule has 1 fully saturated rings. The largest absolute Gasteiger partial charge is 0.459 e. The van der Waals surface area contributed by atoms with Gasteiger partial charge >= 0.3 is 0 Å². The van der Waals surface area contributed by atoms with Crippen molar-refractivity contribution in [3.8, 4) is 5.75 Å². The van der Waals surface area contributed by atoms with E-state index in [-0.39, 0.29) is 5.41 Å². The molecule has 1 saturated carbocycles. The van der Waals surface area contributed by atoms with Gasteiger partial charge < -0.3 is 28.6 Å². The molecule has 2 heterocycles. The Labute approximate surface area is 237 Å². The van der Waals surface area contributed by atoms with E-state index in [1.165, 1.54) is 35.9 Å². The van der Waals surface area contributed by atoms with E-state index in [0.717, 1.165) is 29.7 Å². The van der Waals surface area contributed by atoms with E-state index in [2.05, 4.69) is 71.8 Å². The summed E-state index contributed by atoms with van der Waals surface area (Å²) in [4.78, 5) is 7.59. The Bertz CT molecular complexity index is 1320. The number of rotatable bonds is 12. The van der Waals surface area contributed by atoms with Gasteiger partial charge in [0.25, 0.3) is 0 Å². The highest BCUT2D eigenvalue weighted by molar-refractivity contribution is 6.00. The number of hydrogen-bond donors (Lipinski definition) is 0. The molecule has 0 radical (unpaired) electrons. The van der Waals surface area contributed by atoms with Crippen molar-refractivity contribution in [2.24, 2.45) is 4.99 Å². The van der Waals surface area contributed by atoms with Crippen molar-refractivity contribution in [2.75, 3.05) is 64.8 Å². The molecule has 1 atom stereocenters. The highest BCUT2D eigenvalue weighted by atomic mass is 16.6. The summed E-state index contributed by atoms with van der Waals surface area (Å²) in [7, 11) is 1.67. The smallest absolute Gasteiger partial charge is 0.229 e. The van der Waals surface area contributed by atoms with Gasteiger partial charge in [-0.3, -0.25) is 4.99 Å². The van der Waals surface area contributed by atoms with E-state index >= 15 is 0 Å². The van der Waals surface area contributed by atoms with E-state index in [9.17, 15) is 0 Å². The number of para-hydroxylation sites is 1. The number of fused-ring (bicyclic) bond motifs is 6. The van der Waals surface area contributed by atoms with Crippen molar-refractivity contribution in [3.05, 3.63) is 66.2 Å². The first kappa shape index (κ1) is 27.2. The molecule has 2 aliphatic heterocycles. The summed E-state index contributed by atoms with van der Waals surface area (Å²) in [5.74, 6) is 0.853. The van der Waals surface area contributed by atoms with Crippen LogP contribution in [0.2, 0.25) is 0 Å². The zero-order valence-corrected chi connectivity index (χ0v) is 23.5. The molecule has 40 heavy (non-hydrogen) atoms. The van der Waals surface area contributed by atoms with Crippen LogP contribution < -0.4 is 9.64 Å². The van der Waals surface area contributed by atoms with Gasteiger partial charge in [0, 0.05) is 24.7 Å². The fourth-order valence-corrected chi connectivity index (χ4v) is 6.80. The lowest BCUT2D eigenvalue weighted by atomic mass is 9.64. The van der Waals surface area contributed by atoms with Crippen molar-refractivity contribution < 1.29 is 23.7 Å². The number of benzene rings is 3. The first-order chi connectivity index (χ1) is 19.8. The second-order valence-electron chi connectivity index (χ2n) is 10.8. The van der Waals surface area contributed by atoms with Gasteiger partial charge in [-0.25, -0.2) is 0 Å². The minimum absolute atomic E-state index is 0.152. The van der Waals surface area contributed by atoms with E-state index in [1.807, 2.05) is 0 Å². The van der Waals surface area contributed by atoms with Crippen LogP contribution in [-0.4, -0.2) is 71.8 Å². The fraction of sp³-hybridized carbons (Fsp3) is 0.485. The molecule has 1 aliphatic carbocycles. The van der Waals surface area contributed by atoms with Crippen LogP contribution in [0.15, 0.2) is 65.7 Å². The summed E-state index contributed by atoms with van der Waals surface area (Å²) in [5, 5.41) is 2.30. The Balaban J connectivity index is 1.21. The van der Waals surface area contributed by atoms with E-state index in [1.54, 1.807) is 7.11 Å². The average molecular weight is 545 g/mol. The topological polar surface area (TPSA) is 61.8 Å². The molecule has 7 heteroatoms. The number of aliphatic imine (C=N–C) groups is 1. The normalized spacial score (nSPS) is 20.7. The van der Waals surface area contributed by atoms with Crippen LogP contribution in [0.5, 0.6) is 5.75 Å². The maximum atomic E-state index is 7.20. The zero-order chi connectivity index (χ0) is 27.3. The standard InChI is InChI=1S/C33H40N2O5/c1-36-19-20-38-23-24-39-22-21-37-18-17-35-29-12-6-5-11-28(29)32(15-7-2-8-16-32)33(35)25-34-31-27-10-4-3-9-26(27)13-14-30(31)40-33/h3-6,9-14,25H,2,7-8,15-24H2,1H3. The Morgan fingerprint density at radius 3 is 2.27 bits per heavy atom. The maximum absolute atomic E-state index is 7.20.